The van der Waals surface area contributed by atoms with Gasteiger partial charge in [0, 0.05) is 19.3 Å². The highest BCUT2D eigenvalue weighted by Gasteiger charge is 2.29. The summed E-state index contributed by atoms with van der Waals surface area (Å²) in [5.74, 6) is -0.221. The highest BCUT2D eigenvalue weighted by molar-refractivity contribution is 6.08. The molecule has 0 aliphatic carbocycles. The first kappa shape index (κ1) is 13.4. The van der Waals surface area contributed by atoms with Crippen LogP contribution in [0.3, 0.4) is 0 Å². The number of carbonyl (C=O) groups is 1. The van der Waals surface area contributed by atoms with Crippen LogP contribution in [0.15, 0.2) is 48.9 Å². The number of carbonyl (C=O) groups excluding carboxylic acids is 1. The van der Waals surface area contributed by atoms with Gasteiger partial charge >= 0.3 is 0 Å². The zero-order valence-electron chi connectivity index (χ0n) is 12.1. The lowest BCUT2D eigenvalue weighted by Crippen LogP contribution is -2.26. The Balaban J connectivity index is 1.86. The molecule has 0 radical (unpaired) electrons. The van der Waals surface area contributed by atoms with Gasteiger partial charge < -0.3 is 9.64 Å². The van der Waals surface area contributed by atoms with Crippen LogP contribution >= 0.6 is 0 Å². The zero-order chi connectivity index (χ0) is 16.0. The van der Waals surface area contributed by atoms with Crippen LogP contribution in [0.25, 0.3) is 5.69 Å². The summed E-state index contributed by atoms with van der Waals surface area (Å²) in [6.07, 6.45) is 4.85. The molecule has 1 aliphatic rings. The van der Waals surface area contributed by atoms with Gasteiger partial charge in [-0.25, -0.2) is 9.07 Å². The lowest BCUT2D eigenvalue weighted by atomic mass is 10.2. The number of rotatable bonds is 1. The van der Waals surface area contributed by atoms with Crippen molar-refractivity contribution in [3.05, 3.63) is 60.4 Å². The van der Waals surface area contributed by atoms with Gasteiger partial charge in [0.05, 0.1) is 23.8 Å². The Kier molecular flexibility index (Phi) is 2.87. The van der Waals surface area contributed by atoms with Gasteiger partial charge in [-0.2, -0.15) is 5.10 Å². The molecule has 0 N–H and O–H groups in total. The molecule has 114 valence electrons. The third-order valence-corrected chi connectivity index (χ3v) is 3.60. The summed E-state index contributed by atoms with van der Waals surface area (Å²) in [5.41, 5.74) is 1.34. The second-order valence-electron chi connectivity index (χ2n) is 5.08. The minimum atomic E-state index is -0.437. The monoisotopic (exact) mass is 310 g/mol. The van der Waals surface area contributed by atoms with Gasteiger partial charge in [0.15, 0.2) is 17.2 Å². The molecule has 0 fully saturated rings. The fourth-order valence-electron chi connectivity index (χ4n) is 2.44. The fourth-order valence-corrected chi connectivity index (χ4v) is 2.44. The predicted molar refractivity (Wildman–Crippen MR) is 80.6 cm³/mol. The summed E-state index contributed by atoms with van der Waals surface area (Å²) in [7, 11) is 1.60. The summed E-state index contributed by atoms with van der Waals surface area (Å²) in [5, 5.41) is 4.28. The minimum absolute atomic E-state index is 0.160. The van der Waals surface area contributed by atoms with Crippen molar-refractivity contribution in [2.45, 2.75) is 0 Å². The van der Waals surface area contributed by atoms with Crippen LogP contribution in [0.1, 0.15) is 10.5 Å². The van der Waals surface area contributed by atoms with Crippen molar-refractivity contribution in [3.8, 4) is 17.2 Å². The number of hydrogen-bond acceptors (Lipinski definition) is 4. The van der Waals surface area contributed by atoms with Crippen molar-refractivity contribution < 1.29 is 13.9 Å². The minimum Gasteiger partial charge on any atom is -0.451 e. The molecule has 6 nitrogen and oxygen atoms in total. The number of ether oxygens (including phenoxy) is 1. The molecule has 1 aromatic carbocycles. The molecule has 7 heteroatoms. The molecule has 2 aromatic heterocycles. The Hall–Kier alpha value is -3.22. The molecule has 0 unspecified atom stereocenters. The first-order valence-electron chi connectivity index (χ1n) is 6.89. The average Bonchev–Trinajstić information content (AvgIpc) is 2.95. The maximum absolute atomic E-state index is 13.5. The molecule has 1 amide bonds. The SMILES string of the molecule is CN1C(=O)c2nn(-c3cccnc3)cc2Oc2cc(F)ccc21. The van der Waals surface area contributed by atoms with Gasteiger partial charge in [-0.3, -0.25) is 9.78 Å². The van der Waals surface area contributed by atoms with Crippen molar-refractivity contribution in [2.75, 3.05) is 11.9 Å². The van der Waals surface area contributed by atoms with E-state index in [1.54, 1.807) is 37.8 Å². The number of anilines is 1. The van der Waals surface area contributed by atoms with Gasteiger partial charge in [0.25, 0.3) is 5.91 Å². The van der Waals surface area contributed by atoms with E-state index in [4.69, 9.17) is 4.74 Å². The Morgan fingerprint density at radius 1 is 1.22 bits per heavy atom. The standard InChI is InChI=1S/C16H11FN4O2/c1-20-12-5-4-10(17)7-13(12)23-14-9-21(19-15(14)16(20)22)11-3-2-6-18-8-11/h2-9H,1H3. The number of aromatic nitrogens is 3. The van der Waals surface area contributed by atoms with E-state index in [0.29, 0.717) is 11.4 Å². The average molecular weight is 310 g/mol. The highest BCUT2D eigenvalue weighted by Crippen LogP contribution is 2.38. The number of halogens is 1. The second-order valence-corrected chi connectivity index (χ2v) is 5.08. The molecule has 3 heterocycles. The van der Waals surface area contributed by atoms with Crippen LogP contribution in [-0.4, -0.2) is 27.7 Å². The molecule has 0 saturated heterocycles. The maximum atomic E-state index is 13.5. The molecule has 0 bridgehead atoms. The molecular weight excluding hydrogens is 299 g/mol. The molecule has 0 spiro atoms. The zero-order valence-corrected chi connectivity index (χ0v) is 12.1. The number of amides is 1. The van der Waals surface area contributed by atoms with Crippen molar-refractivity contribution >= 4 is 11.6 Å². The van der Waals surface area contributed by atoms with E-state index in [9.17, 15) is 9.18 Å². The summed E-state index contributed by atoms with van der Waals surface area (Å²) in [4.78, 5) is 18.0. The van der Waals surface area contributed by atoms with Crippen molar-refractivity contribution in [3.63, 3.8) is 0 Å². The second kappa shape index (κ2) is 4.91. The Labute approximate surface area is 130 Å². The van der Waals surface area contributed by atoms with Gasteiger partial charge in [0.1, 0.15) is 5.82 Å². The van der Waals surface area contributed by atoms with E-state index >= 15 is 0 Å². The fraction of sp³-hybridized carbons (Fsp3) is 0.0625. The molecule has 23 heavy (non-hydrogen) atoms. The molecular formula is C16H11FN4O2. The van der Waals surface area contributed by atoms with Crippen LogP contribution in [0.5, 0.6) is 11.5 Å². The van der Waals surface area contributed by atoms with Crippen molar-refractivity contribution in [1.82, 2.24) is 14.8 Å². The Bertz CT molecular complexity index is 908. The first-order chi connectivity index (χ1) is 11.1. The number of fused-ring (bicyclic) bond motifs is 2. The molecule has 4 rings (SSSR count). The van der Waals surface area contributed by atoms with E-state index in [-0.39, 0.29) is 23.1 Å². The molecule has 3 aromatic rings. The highest BCUT2D eigenvalue weighted by atomic mass is 19.1. The maximum Gasteiger partial charge on any atom is 0.282 e. The Morgan fingerprint density at radius 2 is 2.09 bits per heavy atom. The van der Waals surface area contributed by atoms with E-state index in [1.807, 2.05) is 0 Å². The summed E-state index contributed by atoms with van der Waals surface area (Å²) < 4.78 is 20.7. The smallest absolute Gasteiger partial charge is 0.282 e. The number of nitrogens with zero attached hydrogens (tertiary/aromatic N) is 4. The van der Waals surface area contributed by atoms with Crippen LogP contribution < -0.4 is 9.64 Å². The van der Waals surface area contributed by atoms with Crippen LogP contribution in [0, 0.1) is 5.82 Å². The van der Waals surface area contributed by atoms with Crippen LogP contribution in [0.4, 0.5) is 10.1 Å². The first-order valence-corrected chi connectivity index (χ1v) is 6.89. The number of pyridine rings is 1. The van der Waals surface area contributed by atoms with Gasteiger partial charge in [-0.1, -0.05) is 0 Å². The lowest BCUT2D eigenvalue weighted by molar-refractivity contribution is 0.0988. The van der Waals surface area contributed by atoms with Crippen LogP contribution in [0.2, 0.25) is 0 Å². The lowest BCUT2D eigenvalue weighted by Gasteiger charge is -2.15. The van der Waals surface area contributed by atoms with E-state index < -0.39 is 5.82 Å². The third kappa shape index (κ3) is 2.13. The largest absolute Gasteiger partial charge is 0.451 e. The van der Waals surface area contributed by atoms with Crippen molar-refractivity contribution in [1.29, 1.82) is 0 Å². The summed E-state index contributed by atoms with van der Waals surface area (Å²) in [6, 6.07) is 7.60. The van der Waals surface area contributed by atoms with E-state index in [2.05, 4.69) is 10.1 Å². The molecule has 0 atom stereocenters. The van der Waals surface area contributed by atoms with Gasteiger partial charge in [0.2, 0.25) is 0 Å². The molecule has 0 saturated carbocycles. The van der Waals surface area contributed by atoms with Gasteiger partial charge in [-0.15, -0.1) is 0 Å². The normalized spacial score (nSPS) is 13.1. The van der Waals surface area contributed by atoms with Crippen molar-refractivity contribution in [2.24, 2.45) is 0 Å². The van der Waals surface area contributed by atoms with E-state index in [1.165, 1.54) is 27.8 Å². The summed E-state index contributed by atoms with van der Waals surface area (Å²) in [6.45, 7) is 0. The van der Waals surface area contributed by atoms with Gasteiger partial charge in [-0.05, 0) is 24.3 Å². The third-order valence-electron chi connectivity index (χ3n) is 3.60. The predicted octanol–water partition coefficient (Wildman–Crippen LogP) is 2.79. The van der Waals surface area contributed by atoms with Crippen LogP contribution in [-0.2, 0) is 0 Å². The number of hydrogen-bond donors (Lipinski definition) is 0. The quantitative estimate of drug-likeness (QED) is 0.693. The topological polar surface area (TPSA) is 60.2 Å². The molecule has 1 aliphatic heterocycles. The number of benzene rings is 1. The Morgan fingerprint density at radius 3 is 2.87 bits per heavy atom. The summed E-state index contributed by atoms with van der Waals surface area (Å²) >= 11 is 0. The van der Waals surface area contributed by atoms with E-state index in [0.717, 1.165) is 0 Å².